The molecule has 0 aliphatic heterocycles. The number of hydrogen-bond donors (Lipinski definition) is 3. The van der Waals surface area contributed by atoms with E-state index in [1.807, 2.05) is 29.9 Å². The number of benzene rings is 1. The van der Waals surface area contributed by atoms with E-state index in [1.54, 1.807) is 6.20 Å². The van der Waals surface area contributed by atoms with Crippen molar-refractivity contribution in [2.24, 2.45) is 0 Å². The third kappa shape index (κ3) is 4.17. The summed E-state index contributed by atoms with van der Waals surface area (Å²) in [6, 6.07) is 7.82. The van der Waals surface area contributed by atoms with E-state index < -0.39 is 0 Å². The molecular weight excluding hydrogens is 364 g/mol. The molecule has 3 N–H and O–H groups in total. The van der Waals surface area contributed by atoms with Crippen LogP contribution < -0.4 is 10.6 Å². The summed E-state index contributed by atoms with van der Waals surface area (Å²) in [5.74, 6) is -0.342. The summed E-state index contributed by atoms with van der Waals surface area (Å²) in [5, 5.41) is 17.5. The first-order valence-electron chi connectivity index (χ1n) is 8.41. The molecule has 0 spiro atoms. The highest BCUT2D eigenvalue weighted by Crippen LogP contribution is 2.22. The summed E-state index contributed by atoms with van der Waals surface area (Å²) in [6.07, 6.45) is 1.73. The Morgan fingerprint density at radius 2 is 1.78 bits per heavy atom. The Labute approximate surface area is 160 Å². The van der Waals surface area contributed by atoms with Gasteiger partial charge in [-0.3, -0.25) is 14.2 Å². The van der Waals surface area contributed by atoms with Gasteiger partial charge in [0, 0.05) is 41.6 Å². The van der Waals surface area contributed by atoms with Gasteiger partial charge >= 0.3 is 0 Å². The first-order valence-corrected chi connectivity index (χ1v) is 9.29. The second-order valence-corrected chi connectivity index (χ2v) is 6.87. The molecule has 140 valence electrons. The van der Waals surface area contributed by atoms with Crippen molar-refractivity contribution >= 4 is 23.2 Å². The Morgan fingerprint density at radius 1 is 1.11 bits per heavy atom. The van der Waals surface area contributed by atoms with Crippen LogP contribution in [0.3, 0.4) is 0 Å². The second-order valence-electron chi connectivity index (χ2n) is 5.99. The zero-order valence-electron chi connectivity index (χ0n) is 15.0. The fourth-order valence-corrected chi connectivity index (χ4v) is 3.53. The minimum Gasteiger partial charge on any atom is -0.508 e. The van der Waals surface area contributed by atoms with Gasteiger partial charge in [-0.1, -0.05) is 0 Å². The van der Waals surface area contributed by atoms with Crippen molar-refractivity contribution < 1.29 is 14.7 Å². The lowest BCUT2D eigenvalue weighted by atomic mass is 10.2. The quantitative estimate of drug-likeness (QED) is 0.569. The number of carbonyl (C=O) groups is 2. The third-order valence-electron chi connectivity index (χ3n) is 4.11. The molecule has 27 heavy (non-hydrogen) atoms. The second kappa shape index (κ2) is 8.05. The fourth-order valence-electron chi connectivity index (χ4n) is 2.78. The number of aromatic nitrogens is 2. The van der Waals surface area contributed by atoms with Crippen LogP contribution in [-0.2, 0) is 0 Å². The summed E-state index contributed by atoms with van der Waals surface area (Å²) in [4.78, 5) is 28.8. The number of aryl methyl sites for hydroxylation is 1. The number of thiazole rings is 1. The average Bonchev–Trinajstić information content (AvgIpc) is 3.26. The lowest BCUT2D eigenvalue weighted by molar-refractivity contribution is 0.0927. The Morgan fingerprint density at radius 3 is 2.41 bits per heavy atom. The number of amides is 2. The minimum absolute atomic E-state index is 0.106. The van der Waals surface area contributed by atoms with Crippen LogP contribution in [-0.4, -0.2) is 39.6 Å². The van der Waals surface area contributed by atoms with Crippen molar-refractivity contribution in [3.05, 3.63) is 64.4 Å². The molecule has 0 radical (unpaired) electrons. The minimum atomic E-state index is -0.258. The zero-order valence-corrected chi connectivity index (χ0v) is 15.8. The van der Waals surface area contributed by atoms with E-state index in [2.05, 4.69) is 15.6 Å². The van der Waals surface area contributed by atoms with Gasteiger partial charge in [0.05, 0.1) is 5.56 Å². The largest absolute Gasteiger partial charge is 0.508 e. The topological polar surface area (TPSA) is 96.3 Å². The highest BCUT2D eigenvalue weighted by molar-refractivity contribution is 7.12. The number of nitrogens with one attached hydrogen (secondary N) is 2. The molecule has 0 saturated heterocycles. The molecule has 3 aromatic rings. The number of phenolic OH excluding ortho intramolecular Hbond substituents is 1. The maximum Gasteiger partial charge on any atom is 0.253 e. The smallest absolute Gasteiger partial charge is 0.253 e. The summed E-state index contributed by atoms with van der Waals surface area (Å²) in [5.41, 5.74) is 2.81. The van der Waals surface area contributed by atoms with Crippen LogP contribution in [0, 0.1) is 13.8 Å². The molecule has 2 aromatic heterocycles. The molecule has 3 rings (SSSR count). The Bertz CT molecular complexity index is 946. The van der Waals surface area contributed by atoms with Gasteiger partial charge in [-0.15, -0.1) is 11.3 Å². The van der Waals surface area contributed by atoms with E-state index in [0.29, 0.717) is 24.2 Å². The summed E-state index contributed by atoms with van der Waals surface area (Å²) in [7, 11) is 0. The van der Waals surface area contributed by atoms with E-state index in [0.717, 1.165) is 16.5 Å². The first-order chi connectivity index (χ1) is 13.0. The molecule has 0 aliphatic carbocycles. The number of hydrogen-bond acceptors (Lipinski definition) is 5. The van der Waals surface area contributed by atoms with Crippen LogP contribution in [0.15, 0.2) is 41.9 Å². The van der Waals surface area contributed by atoms with Crippen molar-refractivity contribution in [3.63, 3.8) is 0 Å². The van der Waals surface area contributed by atoms with E-state index in [9.17, 15) is 14.7 Å². The molecule has 8 heteroatoms. The molecule has 1 aromatic carbocycles. The molecule has 0 unspecified atom stereocenters. The maximum absolute atomic E-state index is 12.5. The summed E-state index contributed by atoms with van der Waals surface area (Å²) >= 11 is 1.51. The van der Waals surface area contributed by atoms with Gasteiger partial charge < -0.3 is 15.7 Å². The predicted octanol–water partition coefficient (Wildman–Crippen LogP) is 2.42. The SMILES string of the molecule is Cc1cc(C(=O)NCCNC(=O)c2ccc(O)cc2)c(C)n1-c1nccs1. The van der Waals surface area contributed by atoms with E-state index >= 15 is 0 Å². The van der Waals surface area contributed by atoms with Gasteiger partial charge in [-0.05, 0) is 44.2 Å². The Kier molecular flexibility index (Phi) is 5.56. The monoisotopic (exact) mass is 384 g/mol. The summed E-state index contributed by atoms with van der Waals surface area (Å²) < 4.78 is 1.95. The standard InChI is InChI=1S/C19H20N4O3S/c1-12-11-16(13(2)23(12)19-22-9-10-27-19)18(26)21-8-7-20-17(25)14-3-5-15(24)6-4-14/h3-6,9-11,24H,7-8H2,1-2H3,(H,20,25)(H,21,26). The fraction of sp³-hybridized carbons (Fsp3) is 0.211. The number of nitrogens with zero attached hydrogens (tertiary/aromatic N) is 2. The van der Waals surface area contributed by atoms with Crippen molar-refractivity contribution in [1.82, 2.24) is 20.2 Å². The van der Waals surface area contributed by atoms with Crippen LogP contribution in [0.2, 0.25) is 0 Å². The van der Waals surface area contributed by atoms with Crippen LogP contribution >= 0.6 is 11.3 Å². The van der Waals surface area contributed by atoms with Gasteiger partial charge in [0.25, 0.3) is 11.8 Å². The molecule has 0 bridgehead atoms. The van der Waals surface area contributed by atoms with Crippen LogP contribution in [0.1, 0.15) is 32.1 Å². The Balaban J connectivity index is 1.55. The van der Waals surface area contributed by atoms with Crippen molar-refractivity contribution in [2.45, 2.75) is 13.8 Å². The van der Waals surface area contributed by atoms with Gasteiger partial charge in [0.2, 0.25) is 0 Å². The van der Waals surface area contributed by atoms with Crippen LogP contribution in [0.25, 0.3) is 5.13 Å². The molecule has 0 atom stereocenters. The third-order valence-corrected chi connectivity index (χ3v) is 4.87. The van der Waals surface area contributed by atoms with Gasteiger partial charge in [0.15, 0.2) is 5.13 Å². The molecule has 0 fully saturated rings. The van der Waals surface area contributed by atoms with Crippen LogP contribution in [0.5, 0.6) is 5.75 Å². The normalized spacial score (nSPS) is 10.6. The number of rotatable bonds is 6. The van der Waals surface area contributed by atoms with Gasteiger partial charge in [0.1, 0.15) is 5.75 Å². The Hall–Kier alpha value is -3.13. The molecule has 2 amide bonds. The predicted molar refractivity (Wildman–Crippen MR) is 104 cm³/mol. The lowest BCUT2D eigenvalue weighted by Gasteiger charge is -2.08. The zero-order chi connectivity index (χ0) is 19.4. The highest BCUT2D eigenvalue weighted by atomic mass is 32.1. The molecular formula is C19H20N4O3S. The molecule has 7 nitrogen and oxygen atoms in total. The lowest BCUT2D eigenvalue weighted by Crippen LogP contribution is -2.34. The van der Waals surface area contributed by atoms with E-state index in [-0.39, 0.29) is 17.6 Å². The first kappa shape index (κ1) is 18.7. The number of carbonyl (C=O) groups excluding carboxylic acids is 2. The van der Waals surface area contributed by atoms with Crippen molar-refractivity contribution in [1.29, 1.82) is 0 Å². The highest BCUT2D eigenvalue weighted by Gasteiger charge is 2.17. The maximum atomic E-state index is 12.5. The van der Waals surface area contributed by atoms with E-state index in [1.165, 1.54) is 35.6 Å². The van der Waals surface area contributed by atoms with Gasteiger partial charge in [-0.2, -0.15) is 0 Å². The summed E-state index contributed by atoms with van der Waals surface area (Å²) in [6.45, 7) is 4.43. The van der Waals surface area contributed by atoms with Crippen LogP contribution in [0.4, 0.5) is 0 Å². The van der Waals surface area contributed by atoms with E-state index in [4.69, 9.17) is 0 Å². The number of phenols is 1. The average molecular weight is 384 g/mol. The molecule has 2 heterocycles. The van der Waals surface area contributed by atoms with Crippen molar-refractivity contribution in [2.75, 3.05) is 13.1 Å². The molecule has 0 saturated carbocycles. The molecule has 0 aliphatic rings. The number of aromatic hydroxyl groups is 1. The van der Waals surface area contributed by atoms with Crippen molar-refractivity contribution in [3.8, 4) is 10.9 Å². The van der Waals surface area contributed by atoms with Gasteiger partial charge in [-0.25, -0.2) is 4.98 Å².